The molecule has 0 aliphatic heterocycles. The summed E-state index contributed by atoms with van der Waals surface area (Å²) >= 11 is 3.79. The number of halogens is 2. The number of unbranched alkanes of at least 4 members (excludes halogenated alkanes) is 1. The maximum absolute atomic E-state index is 13.8. The van der Waals surface area contributed by atoms with Gasteiger partial charge in [0.1, 0.15) is 0 Å². The molecule has 0 radical (unpaired) electrons. The van der Waals surface area contributed by atoms with E-state index in [0.29, 0.717) is 11.7 Å². The summed E-state index contributed by atoms with van der Waals surface area (Å²) in [6.45, 7) is 2.26. The monoisotopic (exact) mass is 356 g/mol. The van der Waals surface area contributed by atoms with Crippen molar-refractivity contribution in [3.05, 3.63) is 29.6 Å². The van der Waals surface area contributed by atoms with Crippen molar-refractivity contribution in [2.75, 3.05) is 7.11 Å². The van der Waals surface area contributed by atoms with Crippen molar-refractivity contribution >= 4 is 15.9 Å². The summed E-state index contributed by atoms with van der Waals surface area (Å²) in [5.74, 6) is 1.59. The molecule has 0 spiro atoms. The first-order valence-corrected chi connectivity index (χ1v) is 9.04. The van der Waals surface area contributed by atoms with Crippen LogP contribution in [0.25, 0.3) is 0 Å². The van der Waals surface area contributed by atoms with Gasteiger partial charge in [-0.2, -0.15) is 0 Å². The molecule has 0 N–H and O–H groups in total. The third-order valence-electron chi connectivity index (χ3n) is 4.77. The molecule has 1 aromatic rings. The highest BCUT2D eigenvalue weighted by Gasteiger charge is 2.27. The van der Waals surface area contributed by atoms with Crippen molar-refractivity contribution in [1.29, 1.82) is 0 Å². The lowest BCUT2D eigenvalue weighted by atomic mass is 9.77. The van der Waals surface area contributed by atoms with E-state index in [4.69, 9.17) is 4.74 Å². The molecule has 1 unspecified atom stereocenters. The number of rotatable bonds is 6. The molecule has 1 atom stereocenters. The van der Waals surface area contributed by atoms with Crippen LogP contribution in [-0.4, -0.2) is 7.11 Å². The average Bonchev–Trinajstić information content (AvgIpc) is 2.52. The Bertz CT molecular complexity index is 441. The van der Waals surface area contributed by atoms with Crippen molar-refractivity contribution in [2.24, 2.45) is 11.8 Å². The Kier molecular flexibility index (Phi) is 6.53. The fraction of sp³-hybridized carbons (Fsp3) is 0.667. The Labute approximate surface area is 136 Å². The van der Waals surface area contributed by atoms with E-state index >= 15 is 0 Å². The van der Waals surface area contributed by atoms with Crippen LogP contribution in [0.15, 0.2) is 18.2 Å². The summed E-state index contributed by atoms with van der Waals surface area (Å²) in [7, 11) is 1.50. The molecule has 0 aromatic heterocycles. The number of hydrogen-bond acceptors (Lipinski definition) is 1. The number of alkyl halides is 1. The summed E-state index contributed by atoms with van der Waals surface area (Å²) < 4.78 is 18.8. The molecular weight excluding hydrogens is 331 g/mol. The highest BCUT2D eigenvalue weighted by atomic mass is 79.9. The van der Waals surface area contributed by atoms with Gasteiger partial charge < -0.3 is 4.74 Å². The summed E-state index contributed by atoms with van der Waals surface area (Å²) in [5, 5.41) is 0. The fourth-order valence-electron chi connectivity index (χ4n) is 3.39. The van der Waals surface area contributed by atoms with Gasteiger partial charge in [0.15, 0.2) is 11.6 Å². The lowest BCUT2D eigenvalue weighted by Gasteiger charge is -2.31. The van der Waals surface area contributed by atoms with E-state index in [1.165, 1.54) is 52.1 Å². The fourth-order valence-corrected chi connectivity index (χ4v) is 4.20. The smallest absolute Gasteiger partial charge is 0.165 e. The molecule has 0 saturated heterocycles. The SMILES string of the molecule is CCCCC1CCC(C(Br)c2ccc(OC)c(F)c2)CC1. The van der Waals surface area contributed by atoms with Crippen LogP contribution >= 0.6 is 15.9 Å². The molecular formula is C18H26BrFO. The normalized spacial score (nSPS) is 23.8. The highest BCUT2D eigenvalue weighted by Crippen LogP contribution is 2.43. The van der Waals surface area contributed by atoms with E-state index in [1.54, 1.807) is 12.1 Å². The van der Waals surface area contributed by atoms with E-state index in [0.717, 1.165) is 11.5 Å². The molecule has 1 aromatic carbocycles. The predicted octanol–water partition coefficient (Wildman–Crippen LogP) is 6.27. The predicted molar refractivity (Wildman–Crippen MR) is 89.6 cm³/mol. The van der Waals surface area contributed by atoms with Gasteiger partial charge in [-0.25, -0.2) is 4.39 Å². The number of ether oxygens (including phenoxy) is 1. The lowest BCUT2D eigenvalue weighted by molar-refractivity contribution is 0.257. The second-order valence-electron chi connectivity index (χ2n) is 6.22. The van der Waals surface area contributed by atoms with Crippen molar-refractivity contribution in [2.45, 2.75) is 56.7 Å². The Morgan fingerprint density at radius 1 is 1.29 bits per heavy atom. The van der Waals surface area contributed by atoms with E-state index < -0.39 is 0 Å². The van der Waals surface area contributed by atoms with Gasteiger partial charge in [-0.1, -0.05) is 61.0 Å². The minimum absolute atomic E-state index is 0.255. The van der Waals surface area contributed by atoms with Gasteiger partial charge in [-0.05, 0) is 42.4 Å². The minimum atomic E-state index is -0.268. The van der Waals surface area contributed by atoms with Crippen LogP contribution in [0.3, 0.4) is 0 Å². The second-order valence-corrected chi connectivity index (χ2v) is 7.21. The van der Waals surface area contributed by atoms with Crippen LogP contribution in [0.4, 0.5) is 4.39 Å². The van der Waals surface area contributed by atoms with Crippen LogP contribution in [0.2, 0.25) is 0 Å². The number of benzene rings is 1. The molecule has 1 saturated carbocycles. The Balaban J connectivity index is 1.92. The van der Waals surface area contributed by atoms with Gasteiger partial charge in [0, 0.05) is 4.83 Å². The standard InChI is InChI=1S/C18H26BrFO/c1-3-4-5-13-6-8-14(9-7-13)18(19)15-10-11-17(21-2)16(20)12-15/h10-14,18H,3-9H2,1-2H3. The van der Waals surface area contributed by atoms with Gasteiger partial charge in [-0.15, -0.1) is 0 Å². The zero-order valence-electron chi connectivity index (χ0n) is 13.1. The molecule has 0 bridgehead atoms. The van der Waals surface area contributed by atoms with Gasteiger partial charge in [-0.3, -0.25) is 0 Å². The van der Waals surface area contributed by atoms with E-state index in [2.05, 4.69) is 22.9 Å². The zero-order valence-corrected chi connectivity index (χ0v) is 14.7. The summed E-state index contributed by atoms with van der Waals surface area (Å²) in [6, 6.07) is 5.32. The third-order valence-corrected chi connectivity index (χ3v) is 6.04. The first-order valence-electron chi connectivity index (χ1n) is 8.13. The molecule has 0 heterocycles. The number of methoxy groups -OCH3 is 1. The molecule has 1 nitrogen and oxygen atoms in total. The summed E-state index contributed by atoms with van der Waals surface area (Å²) in [5.41, 5.74) is 1.03. The maximum atomic E-state index is 13.8. The maximum Gasteiger partial charge on any atom is 0.165 e. The molecule has 21 heavy (non-hydrogen) atoms. The highest BCUT2D eigenvalue weighted by molar-refractivity contribution is 9.09. The minimum Gasteiger partial charge on any atom is -0.494 e. The van der Waals surface area contributed by atoms with Crippen molar-refractivity contribution in [1.82, 2.24) is 0 Å². The summed E-state index contributed by atoms with van der Waals surface area (Å²) in [6.07, 6.45) is 9.18. The van der Waals surface area contributed by atoms with E-state index in [1.807, 2.05) is 6.07 Å². The Hall–Kier alpha value is -0.570. The van der Waals surface area contributed by atoms with Crippen LogP contribution in [-0.2, 0) is 0 Å². The van der Waals surface area contributed by atoms with Crippen molar-refractivity contribution < 1.29 is 9.13 Å². The molecule has 3 heteroatoms. The van der Waals surface area contributed by atoms with Gasteiger partial charge >= 0.3 is 0 Å². The summed E-state index contributed by atoms with van der Waals surface area (Å²) in [4.78, 5) is 0.255. The van der Waals surface area contributed by atoms with Gasteiger partial charge in [0.2, 0.25) is 0 Å². The molecule has 1 aliphatic rings. The van der Waals surface area contributed by atoms with Gasteiger partial charge in [0.05, 0.1) is 7.11 Å². The van der Waals surface area contributed by atoms with Crippen LogP contribution in [0.1, 0.15) is 62.3 Å². The van der Waals surface area contributed by atoms with Crippen LogP contribution in [0, 0.1) is 17.7 Å². The number of hydrogen-bond donors (Lipinski definition) is 0. The molecule has 118 valence electrons. The average molecular weight is 357 g/mol. The van der Waals surface area contributed by atoms with E-state index in [9.17, 15) is 4.39 Å². The Morgan fingerprint density at radius 3 is 2.57 bits per heavy atom. The molecule has 2 rings (SSSR count). The van der Waals surface area contributed by atoms with Crippen LogP contribution in [0.5, 0.6) is 5.75 Å². The molecule has 1 aliphatic carbocycles. The van der Waals surface area contributed by atoms with Gasteiger partial charge in [0.25, 0.3) is 0 Å². The molecule has 1 fully saturated rings. The lowest BCUT2D eigenvalue weighted by Crippen LogP contribution is -2.18. The van der Waals surface area contributed by atoms with Crippen molar-refractivity contribution in [3.63, 3.8) is 0 Å². The molecule has 0 amide bonds. The largest absolute Gasteiger partial charge is 0.494 e. The zero-order chi connectivity index (χ0) is 15.2. The van der Waals surface area contributed by atoms with Crippen LogP contribution < -0.4 is 4.74 Å². The van der Waals surface area contributed by atoms with E-state index in [-0.39, 0.29) is 10.6 Å². The first kappa shape index (κ1) is 16.8. The van der Waals surface area contributed by atoms with Crippen molar-refractivity contribution in [3.8, 4) is 5.75 Å². The topological polar surface area (TPSA) is 9.23 Å². The quantitative estimate of drug-likeness (QED) is 0.546. The first-order chi connectivity index (χ1) is 10.2. The third kappa shape index (κ3) is 4.45. The second kappa shape index (κ2) is 8.17. The Morgan fingerprint density at radius 2 is 2.00 bits per heavy atom.